The number of amides is 1. The third-order valence-corrected chi connectivity index (χ3v) is 4.10. The van der Waals surface area contributed by atoms with Gasteiger partial charge in [0.05, 0.1) is 7.11 Å². The number of nitrogens with one attached hydrogen (secondary N) is 1. The summed E-state index contributed by atoms with van der Waals surface area (Å²) in [6, 6.07) is 14.0. The van der Waals surface area contributed by atoms with Crippen molar-refractivity contribution in [3.63, 3.8) is 0 Å². The molecule has 0 aromatic heterocycles. The Morgan fingerprint density at radius 3 is 2.48 bits per heavy atom. The molecule has 2 rings (SSSR count). The molecule has 0 saturated heterocycles. The maximum absolute atomic E-state index is 12.2. The number of hydrogen-bond donors (Lipinski definition) is 1. The lowest BCUT2D eigenvalue weighted by molar-refractivity contribution is -0.127. The van der Waals surface area contributed by atoms with Crippen molar-refractivity contribution in [1.29, 1.82) is 0 Å². The van der Waals surface area contributed by atoms with Gasteiger partial charge in [0.2, 0.25) is 0 Å². The molecule has 4 heteroatoms. The van der Waals surface area contributed by atoms with Crippen molar-refractivity contribution in [2.75, 3.05) is 13.7 Å². The van der Waals surface area contributed by atoms with Crippen LogP contribution in [-0.4, -0.2) is 25.7 Å². The molecule has 1 amide bonds. The van der Waals surface area contributed by atoms with Crippen LogP contribution >= 0.6 is 0 Å². The Hall–Kier alpha value is -2.49. The summed E-state index contributed by atoms with van der Waals surface area (Å²) in [5.74, 6) is 1.52. The molecule has 0 fully saturated rings. The van der Waals surface area contributed by atoms with Crippen LogP contribution in [0.25, 0.3) is 0 Å². The van der Waals surface area contributed by atoms with Gasteiger partial charge >= 0.3 is 0 Å². The quantitative estimate of drug-likeness (QED) is 0.742. The first-order valence-electron chi connectivity index (χ1n) is 8.64. The molecule has 2 aromatic carbocycles. The Morgan fingerprint density at radius 1 is 1.12 bits per heavy atom. The molecule has 1 atom stereocenters. The topological polar surface area (TPSA) is 47.6 Å². The van der Waals surface area contributed by atoms with Crippen molar-refractivity contribution in [1.82, 2.24) is 5.32 Å². The van der Waals surface area contributed by atoms with E-state index in [4.69, 9.17) is 9.47 Å². The molecule has 2 aromatic rings. The highest BCUT2D eigenvalue weighted by Gasteiger charge is 2.15. The first-order valence-corrected chi connectivity index (χ1v) is 8.64. The second kappa shape index (κ2) is 9.11. The molecular formula is C21H27NO3. The van der Waals surface area contributed by atoms with Gasteiger partial charge in [-0.3, -0.25) is 4.79 Å². The summed E-state index contributed by atoms with van der Waals surface area (Å²) in [6.45, 7) is 6.43. The Balaban J connectivity index is 1.73. The Bertz CT molecular complexity index is 695. The van der Waals surface area contributed by atoms with Gasteiger partial charge in [0.15, 0.2) is 6.10 Å². The normalized spacial score (nSPS) is 11.7. The average molecular weight is 341 g/mol. The fraction of sp³-hybridized carbons (Fsp3) is 0.381. The summed E-state index contributed by atoms with van der Waals surface area (Å²) >= 11 is 0. The molecule has 0 aliphatic rings. The molecular weight excluding hydrogens is 314 g/mol. The highest BCUT2D eigenvalue weighted by atomic mass is 16.5. The van der Waals surface area contributed by atoms with Crippen molar-refractivity contribution in [3.8, 4) is 11.5 Å². The molecule has 1 N–H and O–H groups in total. The van der Waals surface area contributed by atoms with Gasteiger partial charge in [-0.2, -0.15) is 0 Å². The lowest BCUT2D eigenvalue weighted by atomic mass is 10.1. The standard InChI is InChI=1S/C21H27NO3/c1-15-7-12-20(16(2)14-15)25-17(3)21(23)22-13-5-6-18-8-10-19(24-4)11-9-18/h7-12,14,17H,5-6,13H2,1-4H3,(H,22,23). The second-order valence-corrected chi connectivity index (χ2v) is 6.27. The van der Waals surface area contributed by atoms with E-state index in [9.17, 15) is 4.79 Å². The predicted octanol–water partition coefficient (Wildman–Crippen LogP) is 3.83. The minimum atomic E-state index is -0.512. The zero-order chi connectivity index (χ0) is 18.2. The number of methoxy groups -OCH3 is 1. The third kappa shape index (κ3) is 5.82. The maximum atomic E-state index is 12.2. The van der Waals surface area contributed by atoms with E-state index in [2.05, 4.69) is 11.4 Å². The van der Waals surface area contributed by atoms with Crippen molar-refractivity contribution >= 4 is 5.91 Å². The highest BCUT2D eigenvalue weighted by molar-refractivity contribution is 5.80. The summed E-state index contributed by atoms with van der Waals surface area (Å²) in [7, 11) is 1.66. The molecule has 0 bridgehead atoms. The first-order chi connectivity index (χ1) is 12.0. The van der Waals surface area contributed by atoms with Crippen LogP contribution in [0.1, 0.15) is 30.0 Å². The van der Waals surface area contributed by atoms with Crippen molar-refractivity contribution in [2.45, 2.75) is 39.7 Å². The zero-order valence-electron chi connectivity index (χ0n) is 15.5. The Kier molecular flexibility index (Phi) is 6.87. The van der Waals surface area contributed by atoms with E-state index in [-0.39, 0.29) is 5.91 Å². The Labute approximate surface area is 150 Å². The Morgan fingerprint density at radius 2 is 1.84 bits per heavy atom. The number of carbonyl (C=O) groups excluding carboxylic acids is 1. The van der Waals surface area contributed by atoms with Crippen LogP contribution in [0.4, 0.5) is 0 Å². The van der Waals surface area contributed by atoms with E-state index in [1.165, 1.54) is 11.1 Å². The highest BCUT2D eigenvalue weighted by Crippen LogP contribution is 2.20. The maximum Gasteiger partial charge on any atom is 0.260 e. The minimum Gasteiger partial charge on any atom is -0.497 e. The van der Waals surface area contributed by atoms with Gasteiger partial charge in [0.25, 0.3) is 5.91 Å². The molecule has 0 aliphatic carbocycles. The zero-order valence-corrected chi connectivity index (χ0v) is 15.5. The van der Waals surface area contributed by atoms with Crippen LogP contribution in [0.5, 0.6) is 11.5 Å². The smallest absolute Gasteiger partial charge is 0.260 e. The van der Waals surface area contributed by atoms with Gasteiger partial charge in [0, 0.05) is 6.54 Å². The molecule has 4 nitrogen and oxygen atoms in total. The van der Waals surface area contributed by atoms with Gasteiger partial charge in [-0.1, -0.05) is 29.8 Å². The summed E-state index contributed by atoms with van der Waals surface area (Å²) in [5, 5.41) is 2.94. The largest absolute Gasteiger partial charge is 0.497 e. The van der Waals surface area contributed by atoms with Gasteiger partial charge in [-0.05, 0) is 62.9 Å². The van der Waals surface area contributed by atoms with Crippen LogP contribution in [-0.2, 0) is 11.2 Å². The fourth-order valence-corrected chi connectivity index (χ4v) is 2.62. The first kappa shape index (κ1) is 18.8. The number of aryl methyl sites for hydroxylation is 3. The van der Waals surface area contributed by atoms with E-state index in [1.807, 2.05) is 50.2 Å². The molecule has 0 aliphatic heterocycles. The van der Waals surface area contributed by atoms with Crippen molar-refractivity contribution in [3.05, 3.63) is 59.2 Å². The van der Waals surface area contributed by atoms with Gasteiger partial charge in [-0.15, -0.1) is 0 Å². The van der Waals surface area contributed by atoms with E-state index in [1.54, 1.807) is 14.0 Å². The number of rotatable bonds is 8. The lowest BCUT2D eigenvalue weighted by Crippen LogP contribution is -2.37. The van der Waals surface area contributed by atoms with E-state index < -0.39 is 6.10 Å². The summed E-state index contributed by atoms with van der Waals surface area (Å²) in [5.41, 5.74) is 3.45. The van der Waals surface area contributed by atoms with E-state index >= 15 is 0 Å². The third-order valence-electron chi connectivity index (χ3n) is 4.10. The number of benzene rings is 2. The number of hydrogen-bond acceptors (Lipinski definition) is 3. The molecule has 0 radical (unpaired) electrons. The van der Waals surface area contributed by atoms with E-state index in [0.29, 0.717) is 6.54 Å². The van der Waals surface area contributed by atoms with Crippen LogP contribution in [0.2, 0.25) is 0 Å². The minimum absolute atomic E-state index is 0.0882. The van der Waals surface area contributed by atoms with Crippen molar-refractivity contribution in [2.24, 2.45) is 0 Å². The second-order valence-electron chi connectivity index (χ2n) is 6.27. The van der Waals surface area contributed by atoms with Crippen LogP contribution in [0.15, 0.2) is 42.5 Å². The molecule has 0 heterocycles. The number of ether oxygens (including phenoxy) is 2. The van der Waals surface area contributed by atoms with Crippen molar-refractivity contribution < 1.29 is 14.3 Å². The van der Waals surface area contributed by atoms with Crippen LogP contribution in [0, 0.1) is 13.8 Å². The SMILES string of the molecule is COc1ccc(CCCNC(=O)C(C)Oc2ccc(C)cc2C)cc1. The average Bonchev–Trinajstić information content (AvgIpc) is 2.61. The molecule has 0 saturated carbocycles. The predicted molar refractivity (Wildman–Crippen MR) is 100 cm³/mol. The molecule has 25 heavy (non-hydrogen) atoms. The van der Waals surface area contributed by atoms with Crippen LogP contribution < -0.4 is 14.8 Å². The van der Waals surface area contributed by atoms with Crippen LogP contribution in [0.3, 0.4) is 0 Å². The van der Waals surface area contributed by atoms with Gasteiger partial charge in [-0.25, -0.2) is 0 Å². The summed E-state index contributed by atoms with van der Waals surface area (Å²) in [4.78, 5) is 12.2. The molecule has 134 valence electrons. The number of carbonyl (C=O) groups is 1. The lowest BCUT2D eigenvalue weighted by Gasteiger charge is -2.16. The fourth-order valence-electron chi connectivity index (χ4n) is 2.62. The molecule has 0 spiro atoms. The van der Waals surface area contributed by atoms with Gasteiger partial charge in [0.1, 0.15) is 11.5 Å². The monoisotopic (exact) mass is 341 g/mol. The van der Waals surface area contributed by atoms with Gasteiger partial charge < -0.3 is 14.8 Å². The van der Waals surface area contributed by atoms with E-state index in [0.717, 1.165) is 29.9 Å². The summed E-state index contributed by atoms with van der Waals surface area (Å²) in [6.07, 6.45) is 1.28. The molecule has 1 unspecified atom stereocenters. The summed E-state index contributed by atoms with van der Waals surface area (Å²) < 4.78 is 10.9.